The normalized spacial score (nSPS) is 28.2. The minimum Gasteiger partial charge on any atom is -0.511 e. The van der Waals surface area contributed by atoms with E-state index in [0.717, 1.165) is 37.1 Å². The number of aliphatic hydroxyl groups excluding tert-OH is 2. The number of ketones is 2. The maximum Gasteiger partial charge on any atom is 0.255 e. The summed E-state index contributed by atoms with van der Waals surface area (Å²) < 4.78 is 0. The van der Waals surface area contributed by atoms with E-state index in [9.17, 15) is 34.8 Å². The van der Waals surface area contributed by atoms with Gasteiger partial charge in [-0.1, -0.05) is 6.42 Å². The van der Waals surface area contributed by atoms with Crippen LogP contribution in [0.4, 0.5) is 0 Å². The maximum absolute atomic E-state index is 13.9. The highest BCUT2D eigenvalue weighted by molar-refractivity contribution is 7.97. The number of rotatable bonds is 5. The van der Waals surface area contributed by atoms with Crippen LogP contribution in [0.3, 0.4) is 0 Å². The van der Waals surface area contributed by atoms with Crippen molar-refractivity contribution in [3.05, 3.63) is 51.0 Å². The molecule has 4 aliphatic rings. The number of primary amides is 1. The van der Waals surface area contributed by atoms with E-state index in [1.54, 1.807) is 0 Å². The second-order valence-corrected chi connectivity index (χ2v) is 11.4. The number of phenolic OH excluding ortho intramolecular Hbond substituents is 1. The Bertz CT molecular complexity index is 1260. The molecule has 1 heterocycles. The Kier molecular flexibility index (Phi) is 6.62. The number of nitrogens with zero attached hydrogens (tertiary/aromatic N) is 1. The molecular formula is C27H32N2O7S. The predicted octanol–water partition coefficient (Wildman–Crippen LogP) is 2.43. The van der Waals surface area contributed by atoms with Crippen LogP contribution in [0.5, 0.6) is 5.75 Å². The first-order valence-electron chi connectivity index (χ1n) is 12.6. The lowest BCUT2D eigenvalue weighted by molar-refractivity contribution is -0.144. The number of carbonyl (C=O) groups excluding carboxylic acids is 3. The third-order valence-electron chi connectivity index (χ3n) is 8.38. The average Bonchev–Trinajstić information content (AvgIpc) is 2.84. The van der Waals surface area contributed by atoms with Gasteiger partial charge in [0.15, 0.2) is 11.4 Å². The Morgan fingerprint density at radius 2 is 1.84 bits per heavy atom. The third-order valence-corrected chi connectivity index (χ3v) is 8.98. The van der Waals surface area contributed by atoms with Crippen molar-refractivity contribution >= 4 is 29.2 Å². The molecule has 0 spiro atoms. The second-order valence-electron chi connectivity index (χ2n) is 10.6. The fraction of sp³-hybridized carbons (Fsp3) is 0.519. The molecule has 1 aliphatic heterocycles. The van der Waals surface area contributed by atoms with Crippen molar-refractivity contribution < 1.29 is 34.8 Å². The van der Waals surface area contributed by atoms with Crippen molar-refractivity contribution in [2.75, 3.05) is 19.3 Å². The summed E-state index contributed by atoms with van der Waals surface area (Å²) in [5, 5.41) is 44.2. The average molecular weight is 529 g/mol. The first-order chi connectivity index (χ1) is 17.6. The van der Waals surface area contributed by atoms with Crippen molar-refractivity contribution in [2.45, 2.75) is 56.4 Å². The quantitative estimate of drug-likeness (QED) is 0.361. The summed E-state index contributed by atoms with van der Waals surface area (Å²) in [6, 6.07) is 1.97. The molecule has 1 amide bonds. The topological polar surface area (TPSA) is 161 Å². The first kappa shape index (κ1) is 25.8. The van der Waals surface area contributed by atoms with Crippen molar-refractivity contribution in [3.8, 4) is 5.75 Å². The number of thioether (sulfide) groups is 1. The smallest absolute Gasteiger partial charge is 0.255 e. The number of piperidine rings is 1. The van der Waals surface area contributed by atoms with E-state index in [4.69, 9.17) is 5.73 Å². The number of carbonyl (C=O) groups is 3. The van der Waals surface area contributed by atoms with Crippen LogP contribution in [0.15, 0.2) is 28.7 Å². The van der Waals surface area contributed by atoms with Crippen molar-refractivity contribution in [1.29, 1.82) is 0 Å². The fourth-order valence-electron chi connectivity index (χ4n) is 6.59. The molecule has 6 N–H and O–H groups in total. The molecule has 10 heteroatoms. The molecule has 0 aromatic heterocycles. The van der Waals surface area contributed by atoms with Gasteiger partial charge in [0.25, 0.3) is 5.91 Å². The number of hydrogen-bond donors (Lipinski definition) is 5. The minimum atomic E-state index is -2.54. The molecule has 5 rings (SSSR count). The van der Waals surface area contributed by atoms with Gasteiger partial charge in [-0.3, -0.25) is 19.3 Å². The Balaban J connectivity index is 1.63. The molecular weight excluding hydrogens is 496 g/mol. The Hall–Kier alpha value is -2.82. The van der Waals surface area contributed by atoms with E-state index in [2.05, 4.69) is 4.90 Å². The molecule has 37 heavy (non-hydrogen) atoms. The van der Waals surface area contributed by atoms with Crippen LogP contribution in [0.1, 0.15) is 59.2 Å². The molecule has 1 saturated heterocycles. The van der Waals surface area contributed by atoms with E-state index in [-0.39, 0.29) is 29.7 Å². The van der Waals surface area contributed by atoms with Gasteiger partial charge in [0, 0.05) is 35.8 Å². The van der Waals surface area contributed by atoms with Gasteiger partial charge in [0.2, 0.25) is 5.78 Å². The Labute approximate surface area is 219 Å². The number of aromatic hydroxyl groups is 1. The number of amides is 1. The number of nitrogens with two attached hydrogens (primary N) is 1. The predicted molar refractivity (Wildman–Crippen MR) is 137 cm³/mol. The van der Waals surface area contributed by atoms with Crippen molar-refractivity contribution in [2.24, 2.45) is 17.6 Å². The van der Waals surface area contributed by atoms with Crippen LogP contribution in [0.25, 0.3) is 0 Å². The summed E-state index contributed by atoms with van der Waals surface area (Å²) in [5.74, 6) is -5.47. The molecule has 0 radical (unpaired) electrons. The number of likely N-dealkylation sites (tertiary alicyclic amines) is 1. The molecule has 3 aliphatic carbocycles. The van der Waals surface area contributed by atoms with Crippen molar-refractivity contribution in [3.63, 3.8) is 0 Å². The van der Waals surface area contributed by atoms with Crippen LogP contribution in [-0.2, 0) is 28.3 Å². The van der Waals surface area contributed by atoms with Gasteiger partial charge in [-0.2, -0.15) is 11.8 Å². The number of allylic oxidation sites excluding steroid dienone is 2. The summed E-state index contributed by atoms with van der Waals surface area (Å²) in [6.07, 6.45) is 5.56. The summed E-state index contributed by atoms with van der Waals surface area (Å²) in [4.78, 5) is 41.2. The lowest BCUT2D eigenvalue weighted by atomic mass is 9.60. The molecule has 1 fully saturated rings. The highest BCUT2D eigenvalue weighted by Crippen LogP contribution is 2.52. The van der Waals surface area contributed by atoms with E-state index in [0.29, 0.717) is 24.3 Å². The van der Waals surface area contributed by atoms with Crippen molar-refractivity contribution in [1.82, 2.24) is 4.90 Å². The van der Waals surface area contributed by atoms with E-state index in [1.165, 1.54) is 18.2 Å². The number of fused-ring (bicyclic) bond motifs is 3. The SMILES string of the molecule is CSCc1cc(CN2CCCCC2)c2c(c1O)C(=O)C1=C(O)[C@]3(O)C(=O)C(C(N)=O)=C(O)C[C@@H]3C[C@@H]1C2. The van der Waals surface area contributed by atoms with Gasteiger partial charge in [-0.05, 0) is 68.1 Å². The van der Waals surface area contributed by atoms with E-state index < -0.39 is 52.0 Å². The second kappa shape index (κ2) is 9.49. The van der Waals surface area contributed by atoms with Gasteiger partial charge in [-0.15, -0.1) is 0 Å². The summed E-state index contributed by atoms with van der Waals surface area (Å²) in [7, 11) is 0. The van der Waals surface area contributed by atoms with Gasteiger partial charge < -0.3 is 26.2 Å². The van der Waals surface area contributed by atoms with Gasteiger partial charge in [-0.25, -0.2) is 0 Å². The third kappa shape index (κ3) is 3.97. The number of hydrogen-bond acceptors (Lipinski definition) is 9. The van der Waals surface area contributed by atoms with Crippen LogP contribution < -0.4 is 5.73 Å². The highest BCUT2D eigenvalue weighted by Gasteiger charge is 2.59. The molecule has 0 unspecified atom stereocenters. The molecule has 0 bridgehead atoms. The number of Topliss-reactive ketones (excluding diaryl/α,β-unsaturated/α-hetero) is 2. The molecule has 9 nitrogen and oxygen atoms in total. The Morgan fingerprint density at radius 3 is 2.49 bits per heavy atom. The number of aliphatic hydroxyl groups is 3. The first-order valence-corrected chi connectivity index (χ1v) is 14.0. The summed E-state index contributed by atoms with van der Waals surface area (Å²) in [6.45, 7) is 2.57. The molecule has 1 aromatic carbocycles. The zero-order valence-corrected chi connectivity index (χ0v) is 21.6. The molecule has 3 atom stereocenters. The lowest BCUT2D eigenvalue weighted by Gasteiger charge is -2.46. The summed E-state index contributed by atoms with van der Waals surface area (Å²) >= 11 is 1.51. The monoisotopic (exact) mass is 528 g/mol. The number of benzene rings is 1. The maximum atomic E-state index is 13.9. The summed E-state index contributed by atoms with van der Waals surface area (Å²) in [5.41, 5.74) is 4.25. The standard InChI is InChI=1S/C27H32N2O7S/c1-37-12-15-7-14(11-29-5-3-2-4-6-29)17-9-13-8-16-10-18(30)21(26(28)35)25(34)27(16,36)24(33)19(13)23(32)20(17)22(15)31/h7,13,16,30-31,33,36H,2-6,8-12H2,1H3,(H2,28,35)/t13-,16+,27+/m1/s1. The Morgan fingerprint density at radius 1 is 1.14 bits per heavy atom. The van der Waals surface area contributed by atoms with Crippen LogP contribution in [-0.4, -0.2) is 67.7 Å². The fourth-order valence-corrected chi connectivity index (χ4v) is 7.12. The zero-order valence-electron chi connectivity index (χ0n) is 20.7. The molecule has 0 saturated carbocycles. The van der Waals surface area contributed by atoms with Crippen LogP contribution >= 0.6 is 11.8 Å². The lowest BCUT2D eigenvalue weighted by Crippen LogP contribution is -2.57. The van der Waals surface area contributed by atoms with Gasteiger partial charge in [0.1, 0.15) is 22.8 Å². The van der Waals surface area contributed by atoms with E-state index in [1.807, 2.05) is 12.3 Å². The minimum absolute atomic E-state index is 0.107. The van der Waals surface area contributed by atoms with Crippen LogP contribution in [0.2, 0.25) is 0 Å². The van der Waals surface area contributed by atoms with Crippen LogP contribution in [0, 0.1) is 11.8 Å². The van der Waals surface area contributed by atoms with E-state index >= 15 is 0 Å². The number of phenols is 1. The highest BCUT2D eigenvalue weighted by atomic mass is 32.2. The molecule has 198 valence electrons. The zero-order chi connectivity index (χ0) is 26.6. The largest absolute Gasteiger partial charge is 0.511 e. The molecule has 1 aromatic rings. The van der Waals surface area contributed by atoms with Gasteiger partial charge in [0.05, 0.1) is 5.56 Å². The van der Waals surface area contributed by atoms with Gasteiger partial charge >= 0.3 is 0 Å².